The first-order chi connectivity index (χ1) is 10.6. The van der Waals surface area contributed by atoms with Gasteiger partial charge in [0.15, 0.2) is 0 Å². The number of amides is 2. The Balaban J connectivity index is 1.69. The predicted molar refractivity (Wildman–Crippen MR) is 82.4 cm³/mol. The van der Waals surface area contributed by atoms with Crippen LogP contribution in [0.4, 0.5) is 15.8 Å². The van der Waals surface area contributed by atoms with E-state index in [0.29, 0.717) is 17.7 Å². The van der Waals surface area contributed by atoms with Gasteiger partial charge in [-0.25, -0.2) is 4.39 Å². The Kier molecular flexibility index (Phi) is 3.87. The standard InChI is InChI=1S/C17H15FN2O2/c18-13-5-3-12(4-6-13)17(22)19-14-7-9-15(10-8-14)20-11-1-2-16(20)21/h3-10H,1-2,11H2,(H,19,22). The summed E-state index contributed by atoms with van der Waals surface area (Å²) >= 11 is 0. The number of hydrogen-bond donors (Lipinski definition) is 1. The number of rotatable bonds is 3. The van der Waals surface area contributed by atoms with Crippen LogP contribution in [0.5, 0.6) is 0 Å². The van der Waals surface area contributed by atoms with Crippen LogP contribution in [0.25, 0.3) is 0 Å². The molecular weight excluding hydrogens is 283 g/mol. The number of carbonyl (C=O) groups is 2. The van der Waals surface area contributed by atoms with Crippen LogP contribution < -0.4 is 10.2 Å². The minimum absolute atomic E-state index is 0.128. The summed E-state index contributed by atoms with van der Waals surface area (Å²) in [4.78, 5) is 25.4. The first kappa shape index (κ1) is 14.3. The number of carbonyl (C=O) groups excluding carboxylic acids is 2. The van der Waals surface area contributed by atoms with Gasteiger partial charge < -0.3 is 10.2 Å². The second-order valence-corrected chi connectivity index (χ2v) is 5.16. The van der Waals surface area contributed by atoms with Crippen molar-refractivity contribution in [2.24, 2.45) is 0 Å². The van der Waals surface area contributed by atoms with Gasteiger partial charge in [-0.2, -0.15) is 0 Å². The summed E-state index contributed by atoms with van der Waals surface area (Å²) in [6.07, 6.45) is 1.46. The van der Waals surface area contributed by atoms with Gasteiger partial charge in [0.2, 0.25) is 5.91 Å². The topological polar surface area (TPSA) is 49.4 Å². The van der Waals surface area contributed by atoms with Gasteiger partial charge in [-0.05, 0) is 55.0 Å². The molecule has 5 heteroatoms. The van der Waals surface area contributed by atoms with Crippen LogP contribution in [0.15, 0.2) is 48.5 Å². The largest absolute Gasteiger partial charge is 0.322 e. The lowest BCUT2D eigenvalue weighted by atomic mass is 10.2. The van der Waals surface area contributed by atoms with E-state index in [1.165, 1.54) is 24.3 Å². The Hall–Kier alpha value is -2.69. The van der Waals surface area contributed by atoms with Gasteiger partial charge in [-0.1, -0.05) is 0 Å². The molecule has 4 nitrogen and oxygen atoms in total. The lowest BCUT2D eigenvalue weighted by molar-refractivity contribution is -0.117. The van der Waals surface area contributed by atoms with Crippen LogP contribution in [-0.4, -0.2) is 18.4 Å². The maximum atomic E-state index is 12.8. The van der Waals surface area contributed by atoms with Gasteiger partial charge in [0.1, 0.15) is 5.82 Å². The van der Waals surface area contributed by atoms with Crippen LogP contribution in [-0.2, 0) is 4.79 Å². The second kappa shape index (κ2) is 5.97. The number of halogens is 1. The van der Waals surface area contributed by atoms with Gasteiger partial charge in [-0.3, -0.25) is 9.59 Å². The molecule has 0 aromatic heterocycles. The second-order valence-electron chi connectivity index (χ2n) is 5.16. The van der Waals surface area contributed by atoms with Crippen LogP contribution in [0.3, 0.4) is 0 Å². The molecule has 2 aromatic carbocycles. The molecule has 0 spiro atoms. The quantitative estimate of drug-likeness (QED) is 0.946. The lowest BCUT2D eigenvalue weighted by Crippen LogP contribution is -2.23. The smallest absolute Gasteiger partial charge is 0.255 e. The van der Waals surface area contributed by atoms with Gasteiger partial charge in [0.25, 0.3) is 5.91 Å². The van der Waals surface area contributed by atoms with E-state index in [1.807, 2.05) is 12.1 Å². The average Bonchev–Trinajstić information content (AvgIpc) is 2.95. The molecule has 1 aliphatic heterocycles. The molecule has 1 heterocycles. The molecule has 0 aliphatic carbocycles. The highest BCUT2D eigenvalue weighted by molar-refractivity contribution is 6.04. The van der Waals surface area contributed by atoms with E-state index in [-0.39, 0.29) is 17.6 Å². The number of nitrogens with one attached hydrogen (secondary N) is 1. The Morgan fingerprint density at radius 2 is 1.73 bits per heavy atom. The number of nitrogens with zero attached hydrogens (tertiary/aromatic N) is 1. The van der Waals surface area contributed by atoms with E-state index in [4.69, 9.17) is 0 Å². The summed E-state index contributed by atoms with van der Waals surface area (Å²) in [6, 6.07) is 12.5. The van der Waals surface area contributed by atoms with Gasteiger partial charge in [-0.15, -0.1) is 0 Å². The van der Waals surface area contributed by atoms with Crippen molar-refractivity contribution in [2.75, 3.05) is 16.8 Å². The zero-order valence-corrected chi connectivity index (χ0v) is 11.9. The molecule has 0 bridgehead atoms. The highest BCUT2D eigenvalue weighted by Crippen LogP contribution is 2.23. The summed E-state index contributed by atoms with van der Waals surface area (Å²) in [5.41, 5.74) is 1.85. The maximum absolute atomic E-state index is 12.8. The highest BCUT2D eigenvalue weighted by Gasteiger charge is 2.21. The van der Waals surface area contributed by atoms with E-state index in [1.54, 1.807) is 17.0 Å². The molecule has 0 radical (unpaired) electrons. The van der Waals surface area contributed by atoms with Crippen LogP contribution in [0, 0.1) is 5.82 Å². The zero-order valence-electron chi connectivity index (χ0n) is 11.9. The van der Waals surface area contributed by atoms with Crippen molar-refractivity contribution in [1.82, 2.24) is 0 Å². The van der Waals surface area contributed by atoms with Crippen molar-refractivity contribution in [2.45, 2.75) is 12.8 Å². The predicted octanol–water partition coefficient (Wildman–Crippen LogP) is 3.20. The Labute approximate surface area is 127 Å². The normalized spacial score (nSPS) is 14.2. The molecule has 2 amide bonds. The van der Waals surface area contributed by atoms with Gasteiger partial charge in [0, 0.05) is 29.9 Å². The third-order valence-corrected chi connectivity index (χ3v) is 3.62. The number of hydrogen-bond acceptors (Lipinski definition) is 2. The summed E-state index contributed by atoms with van der Waals surface area (Å²) < 4.78 is 12.8. The summed E-state index contributed by atoms with van der Waals surface area (Å²) in [6.45, 7) is 0.736. The zero-order chi connectivity index (χ0) is 15.5. The van der Waals surface area contributed by atoms with E-state index in [2.05, 4.69) is 5.32 Å². The maximum Gasteiger partial charge on any atom is 0.255 e. The fraction of sp³-hybridized carbons (Fsp3) is 0.176. The van der Waals surface area contributed by atoms with Gasteiger partial charge in [0.05, 0.1) is 0 Å². The molecule has 112 valence electrons. The minimum Gasteiger partial charge on any atom is -0.322 e. The molecule has 1 saturated heterocycles. The molecule has 0 unspecified atom stereocenters. The highest BCUT2D eigenvalue weighted by atomic mass is 19.1. The molecule has 1 N–H and O–H groups in total. The van der Waals surface area contributed by atoms with Crippen LogP contribution >= 0.6 is 0 Å². The lowest BCUT2D eigenvalue weighted by Gasteiger charge is -2.16. The Morgan fingerprint density at radius 3 is 2.32 bits per heavy atom. The Morgan fingerprint density at radius 1 is 1.05 bits per heavy atom. The average molecular weight is 298 g/mol. The molecular formula is C17H15FN2O2. The Bertz CT molecular complexity index is 696. The van der Waals surface area contributed by atoms with Crippen molar-refractivity contribution in [3.8, 4) is 0 Å². The first-order valence-corrected chi connectivity index (χ1v) is 7.11. The molecule has 22 heavy (non-hydrogen) atoms. The van der Waals surface area contributed by atoms with Gasteiger partial charge >= 0.3 is 0 Å². The van der Waals surface area contributed by atoms with E-state index < -0.39 is 0 Å². The minimum atomic E-state index is -0.379. The van der Waals surface area contributed by atoms with Crippen LogP contribution in [0.1, 0.15) is 23.2 Å². The van der Waals surface area contributed by atoms with Crippen molar-refractivity contribution in [3.63, 3.8) is 0 Å². The summed E-state index contributed by atoms with van der Waals surface area (Å²) in [5, 5.41) is 2.74. The van der Waals surface area contributed by atoms with Crippen LogP contribution in [0.2, 0.25) is 0 Å². The molecule has 0 atom stereocenters. The third-order valence-electron chi connectivity index (χ3n) is 3.62. The van der Waals surface area contributed by atoms with Crippen molar-refractivity contribution >= 4 is 23.2 Å². The first-order valence-electron chi connectivity index (χ1n) is 7.11. The monoisotopic (exact) mass is 298 g/mol. The van der Waals surface area contributed by atoms with E-state index >= 15 is 0 Å². The fourth-order valence-corrected chi connectivity index (χ4v) is 2.45. The van der Waals surface area contributed by atoms with E-state index in [0.717, 1.165) is 18.7 Å². The molecule has 3 rings (SSSR count). The fourth-order valence-electron chi connectivity index (χ4n) is 2.45. The SMILES string of the molecule is O=C(Nc1ccc(N2CCCC2=O)cc1)c1ccc(F)cc1. The van der Waals surface area contributed by atoms with Crippen molar-refractivity contribution in [1.29, 1.82) is 0 Å². The number of anilines is 2. The molecule has 0 saturated carbocycles. The number of benzene rings is 2. The molecule has 1 aliphatic rings. The molecule has 1 fully saturated rings. The van der Waals surface area contributed by atoms with Crippen molar-refractivity contribution in [3.05, 3.63) is 59.9 Å². The van der Waals surface area contributed by atoms with E-state index in [9.17, 15) is 14.0 Å². The molecule has 2 aromatic rings. The summed E-state index contributed by atoms with van der Waals surface area (Å²) in [7, 11) is 0. The third kappa shape index (κ3) is 2.98. The van der Waals surface area contributed by atoms with Crippen molar-refractivity contribution < 1.29 is 14.0 Å². The summed E-state index contributed by atoms with van der Waals surface area (Å²) in [5.74, 6) is -0.552.